The fourth-order valence-electron chi connectivity index (χ4n) is 2.83. The number of non-ortho nitro benzene ring substituents is 1. The van der Waals surface area contributed by atoms with Gasteiger partial charge in [-0.3, -0.25) is 15.0 Å². The molecule has 2 rings (SSSR count). The van der Waals surface area contributed by atoms with Crippen LogP contribution in [0.15, 0.2) is 24.3 Å². The Morgan fingerprint density at radius 2 is 2.11 bits per heavy atom. The molecule has 1 fully saturated rings. The van der Waals surface area contributed by atoms with Gasteiger partial charge in [-0.1, -0.05) is 25.0 Å². The highest BCUT2D eigenvalue weighted by Gasteiger charge is 2.32. The maximum absolute atomic E-state index is 10.7. The summed E-state index contributed by atoms with van der Waals surface area (Å²) in [5.74, 6) is 0. The van der Waals surface area contributed by atoms with E-state index in [1.807, 2.05) is 18.0 Å². The predicted octanol–water partition coefficient (Wildman–Crippen LogP) is 2.33. The molecule has 0 bridgehead atoms. The molecule has 0 atom stereocenters. The molecule has 0 aromatic heterocycles. The van der Waals surface area contributed by atoms with Crippen molar-refractivity contribution in [1.82, 2.24) is 4.90 Å². The van der Waals surface area contributed by atoms with E-state index in [9.17, 15) is 15.2 Å². The van der Waals surface area contributed by atoms with Gasteiger partial charge in [0.05, 0.1) is 10.5 Å². The smallest absolute Gasteiger partial charge is 0.269 e. The van der Waals surface area contributed by atoms with Gasteiger partial charge in [0.1, 0.15) is 0 Å². The van der Waals surface area contributed by atoms with Crippen molar-refractivity contribution >= 4 is 5.69 Å². The number of benzene rings is 1. The third-order valence-corrected chi connectivity index (χ3v) is 3.67. The summed E-state index contributed by atoms with van der Waals surface area (Å²) in [6.07, 6.45) is 3.88. The van der Waals surface area contributed by atoms with Crippen LogP contribution >= 0.6 is 0 Å². The van der Waals surface area contributed by atoms with E-state index in [4.69, 9.17) is 0 Å². The van der Waals surface area contributed by atoms with Gasteiger partial charge in [-0.15, -0.1) is 0 Å². The maximum atomic E-state index is 10.7. The van der Waals surface area contributed by atoms with Crippen molar-refractivity contribution in [1.29, 1.82) is 0 Å². The van der Waals surface area contributed by atoms with Gasteiger partial charge in [-0.2, -0.15) is 0 Å². The van der Waals surface area contributed by atoms with Gasteiger partial charge < -0.3 is 5.11 Å². The van der Waals surface area contributed by atoms with Crippen LogP contribution in [0.4, 0.5) is 5.69 Å². The molecular formula is C14H20N2O3. The normalized spacial score (nSPS) is 17.8. The standard InChI is InChI=1S/C14H20N2O3/c1-15(11-14(17)7-2-3-8-14)10-12-5-4-6-13(9-12)16(18)19/h4-6,9,17H,2-3,7-8,10-11H2,1H3. The third kappa shape index (κ3) is 3.75. The topological polar surface area (TPSA) is 66.6 Å². The van der Waals surface area contributed by atoms with E-state index >= 15 is 0 Å². The van der Waals surface area contributed by atoms with Crippen LogP contribution in [0.25, 0.3) is 0 Å². The van der Waals surface area contributed by atoms with Crippen LogP contribution in [-0.2, 0) is 6.54 Å². The molecule has 1 saturated carbocycles. The van der Waals surface area contributed by atoms with Gasteiger partial charge in [0.15, 0.2) is 0 Å². The Balaban J connectivity index is 1.96. The summed E-state index contributed by atoms with van der Waals surface area (Å²) < 4.78 is 0. The Kier molecular flexibility index (Phi) is 4.17. The summed E-state index contributed by atoms with van der Waals surface area (Å²) in [7, 11) is 1.94. The number of nitro benzene ring substituents is 1. The molecule has 0 saturated heterocycles. The van der Waals surface area contributed by atoms with Crippen LogP contribution < -0.4 is 0 Å². The molecule has 0 amide bonds. The van der Waals surface area contributed by atoms with Crippen LogP contribution in [0.5, 0.6) is 0 Å². The molecule has 1 aliphatic carbocycles. The Labute approximate surface area is 113 Å². The Morgan fingerprint density at radius 3 is 2.74 bits per heavy atom. The third-order valence-electron chi connectivity index (χ3n) is 3.67. The Bertz CT molecular complexity index is 456. The highest BCUT2D eigenvalue weighted by Crippen LogP contribution is 2.30. The first-order valence-electron chi connectivity index (χ1n) is 6.63. The van der Waals surface area contributed by atoms with Crippen LogP contribution in [-0.4, -0.2) is 34.1 Å². The summed E-state index contributed by atoms with van der Waals surface area (Å²) in [4.78, 5) is 12.4. The van der Waals surface area contributed by atoms with E-state index in [2.05, 4.69) is 0 Å². The molecule has 0 heterocycles. The quantitative estimate of drug-likeness (QED) is 0.654. The zero-order valence-corrected chi connectivity index (χ0v) is 11.2. The molecule has 19 heavy (non-hydrogen) atoms. The highest BCUT2D eigenvalue weighted by molar-refractivity contribution is 5.34. The zero-order valence-electron chi connectivity index (χ0n) is 11.2. The highest BCUT2D eigenvalue weighted by atomic mass is 16.6. The van der Waals surface area contributed by atoms with Gasteiger partial charge in [0.2, 0.25) is 0 Å². The number of nitrogens with zero attached hydrogens (tertiary/aromatic N) is 2. The van der Waals surface area contributed by atoms with Crippen LogP contribution in [0.2, 0.25) is 0 Å². The van der Waals surface area contributed by atoms with Crippen molar-refractivity contribution < 1.29 is 10.0 Å². The minimum atomic E-state index is -0.574. The number of likely N-dealkylation sites (N-methyl/N-ethyl adjacent to an activating group) is 1. The van der Waals surface area contributed by atoms with Gasteiger partial charge in [0, 0.05) is 25.2 Å². The first-order valence-corrected chi connectivity index (χ1v) is 6.63. The molecule has 1 aliphatic rings. The lowest BCUT2D eigenvalue weighted by molar-refractivity contribution is -0.384. The predicted molar refractivity (Wildman–Crippen MR) is 72.8 cm³/mol. The lowest BCUT2D eigenvalue weighted by Crippen LogP contribution is -2.38. The SMILES string of the molecule is CN(Cc1cccc([N+](=O)[O-])c1)CC1(O)CCCC1. The van der Waals surface area contributed by atoms with E-state index in [-0.39, 0.29) is 10.6 Å². The summed E-state index contributed by atoms with van der Waals surface area (Å²) >= 11 is 0. The van der Waals surface area contributed by atoms with Crippen LogP contribution in [0.3, 0.4) is 0 Å². The maximum Gasteiger partial charge on any atom is 0.269 e. The van der Waals surface area contributed by atoms with Gasteiger partial charge >= 0.3 is 0 Å². The zero-order chi connectivity index (χ0) is 13.9. The number of rotatable bonds is 5. The minimum Gasteiger partial charge on any atom is -0.389 e. The lowest BCUT2D eigenvalue weighted by Gasteiger charge is -2.28. The number of hydrogen-bond donors (Lipinski definition) is 1. The molecular weight excluding hydrogens is 244 g/mol. The molecule has 0 radical (unpaired) electrons. The van der Waals surface area contributed by atoms with E-state index in [1.165, 1.54) is 6.07 Å². The fraction of sp³-hybridized carbons (Fsp3) is 0.571. The van der Waals surface area contributed by atoms with Gasteiger partial charge in [-0.25, -0.2) is 0 Å². The molecule has 104 valence electrons. The van der Waals surface area contributed by atoms with Crippen molar-refractivity contribution in [3.05, 3.63) is 39.9 Å². The van der Waals surface area contributed by atoms with Crippen molar-refractivity contribution in [2.75, 3.05) is 13.6 Å². The van der Waals surface area contributed by atoms with Gasteiger partial charge in [-0.05, 0) is 25.5 Å². The van der Waals surface area contributed by atoms with Crippen LogP contribution in [0, 0.1) is 10.1 Å². The van der Waals surface area contributed by atoms with E-state index in [0.717, 1.165) is 31.2 Å². The molecule has 0 unspecified atom stereocenters. The largest absolute Gasteiger partial charge is 0.389 e. The number of hydrogen-bond acceptors (Lipinski definition) is 4. The minimum absolute atomic E-state index is 0.116. The van der Waals surface area contributed by atoms with Crippen molar-refractivity contribution in [2.24, 2.45) is 0 Å². The molecule has 1 N–H and O–H groups in total. The second kappa shape index (κ2) is 5.67. The van der Waals surface area contributed by atoms with Crippen molar-refractivity contribution in [3.8, 4) is 0 Å². The molecule has 1 aromatic rings. The number of nitro groups is 1. The van der Waals surface area contributed by atoms with E-state index in [0.29, 0.717) is 13.1 Å². The Hall–Kier alpha value is -1.46. The average molecular weight is 264 g/mol. The molecule has 5 heteroatoms. The number of aliphatic hydroxyl groups is 1. The molecule has 5 nitrogen and oxygen atoms in total. The molecule has 0 spiro atoms. The van der Waals surface area contributed by atoms with Crippen molar-refractivity contribution in [2.45, 2.75) is 37.8 Å². The first-order chi connectivity index (χ1) is 8.98. The fourth-order valence-corrected chi connectivity index (χ4v) is 2.83. The van der Waals surface area contributed by atoms with Crippen molar-refractivity contribution in [3.63, 3.8) is 0 Å². The summed E-state index contributed by atoms with van der Waals surface area (Å²) in [5.41, 5.74) is 0.443. The second-order valence-electron chi connectivity index (χ2n) is 5.53. The monoisotopic (exact) mass is 264 g/mol. The summed E-state index contributed by atoms with van der Waals surface area (Å²) in [6, 6.07) is 6.66. The summed E-state index contributed by atoms with van der Waals surface area (Å²) in [6.45, 7) is 1.24. The molecule has 1 aromatic carbocycles. The molecule has 0 aliphatic heterocycles. The Morgan fingerprint density at radius 1 is 1.42 bits per heavy atom. The first kappa shape index (κ1) is 14.0. The lowest BCUT2D eigenvalue weighted by atomic mass is 10.0. The second-order valence-corrected chi connectivity index (χ2v) is 5.53. The van der Waals surface area contributed by atoms with Crippen LogP contribution in [0.1, 0.15) is 31.2 Å². The summed E-state index contributed by atoms with van der Waals surface area (Å²) in [5, 5.41) is 21.1. The average Bonchev–Trinajstić information content (AvgIpc) is 2.75. The van der Waals surface area contributed by atoms with Gasteiger partial charge in [0.25, 0.3) is 5.69 Å². The van der Waals surface area contributed by atoms with E-state index in [1.54, 1.807) is 12.1 Å². The van der Waals surface area contributed by atoms with E-state index < -0.39 is 5.60 Å².